The van der Waals surface area contributed by atoms with Gasteiger partial charge in [0.1, 0.15) is 24.0 Å². The number of carbonyl (C=O) groups is 2. The zero-order valence-corrected chi connectivity index (χ0v) is 12.9. The Labute approximate surface area is 137 Å². The van der Waals surface area contributed by atoms with Crippen molar-refractivity contribution in [1.82, 2.24) is 5.32 Å². The molecule has 0 heterocycles. The van der Waals surface area contributed by atoms with E-state index in [-0.39, 0.29) is 36.3 Å². The van der Waals surface area contributed by atoms with Crippen molar-refractivity contribution in [3.05, 3.63) is 59.7 Å². The second kappa shape index (κ2) is 8.05. The van der Waals surface area contributed by atoms with Gasteiger partial charge in [-0.1, -0.05) is 12.1 Å². The highest BCUT2D eigenvalue weighted by Gasteiger charge is 2.09. The van der Waals surface area contributed by atoms with Crippen molar-refractivity contribution in [2.75, 3.05) is 11.9 Å². The van der Waals surface area contributed by atoms with Crippen LogP contribution in [0.1, 0.15) is 12.5 Å². The fourth-order valence-corrected chi connectivity index (χ4v) is 1.83. The first kappa shape index (κ1) is 17.4. The number of ether oxygens (including phenoxy) is 1. The third-order valence-corrected chi connectivity index (χ3v) is 3.03. The highest BCUT2D eigenvalue weighted by atomic mass is 19.1. The van der Waals surface area contributed by atoms with E-state index in [1.807, 2.05) is 0 Å². The molecule has 5 nitrogen and oxygen atoms in total. The van der Waals surface area contributed by atoms with Gasteiger partial charge in [0.05, 0.1) is 12.2 Å². The zero-order valence-electron chi connectivity index (χ0n) is 12.9. The Hall–Kier alpha value is -2.96. The lowest BCUT2D eigenvalue weighted by Gasteiger charge is -2.10. The Balaban J connectivity index is 1.92. The normalized spacial score (nSPS) is 10.1. The number of carbonyl (C=O) groups excluding carboxylic acids is 2. The average molecular weight is 334 g/mol. The summed E-state index contributed by atoms with van der Waals surface area (Å²) < 4.78 is 32.2. The number of anilines is 1. The number of benzene rings is 2. The van der Waals surface area contributed by atoms with E-state index in [9.17, 15) is 18.4 Å². The van der Waals surface area contributed by atoms with Crippen LogP contribution in [0.3, 0.4) is 0 Å². The summed E-state index contributed by atoms with van der Waals surface area (Å²) in [5, 5.41) is 4.66. The predicted octanol–water partition coefficient (Wildman–Crippen LogP) is 2.62. The van der Waals surface area contributed by atoms with Crippen LogP contribution in [0, 0.1) is 11.6 Å². The molecule has 0 aliphatic rings. The number of hydrogen-bond donors (Lipinski definition) is 2. The van der Waals surface area contributed by atoms with Gasteiger partial charge in [-0.3, -0.25) is 9.59 Å². The van der Waals surface area contributed by atoms with Gasteiger partial charge in [0.25, 0.3) is 0 Å². The van der Waals surface area contributed by atoms with Crippen LogP contribution in [0.2, 0.25) is 0 Å². The smallest absolute Gasteiger partial charge is 0.243 e. The maximum atomic E-state index is 14.0. The lowest BCUT2D eigenvalue weighted by atomic mass is 10.2. The Morgan fingerprint density at radius 3 is 2.42 bits per heavy atom. The van der Waals surface area contributed by atoms with Gasteiger partial charge < -0.3 is 15.4 Å². The second-order valence-electron chi connectivity index (χ2n) is 5.01. The molecular formula is C17H16F2N2O3. The van der Waals surface area contributed by atoms with Crippen LogP contribution in [0.15, 0.2) is 42.5 Å². The standard InChI is InChI=1S/C17H16F2N2O3/c1-11(22)20-9-17(23)21-16-7-6-14(8-15(16)19)24-10-12-2-4-13(18)5-3-12/h2-8H,9-10H2,1H3,(H,20,22)(H,21,23). The quantitative estimate of drug-likeness (QED) is 0.853. The summed E-state index contributed by atoms with van der Waals surface area (Å²) in [4.78, 5) is 22.3. The highest BCUT2D eigenvalue weighted by Crippen LogP contribution is 2.21. The Morgan fingerprint density at radius 1 is 1.08 bits per heavy atom. The number of nitrogens with one attached hydrogen (secondary N) is 2. The van der Waals surface area contributed by atoms with Gasteiger partial charge in [-0.25, -0.2) is 8.78 Å². The van der Waals surface area contributed by atoms with Crippen LogP contribution in [0.25, 0.3) is 0 Å². The SMILES string of the molecule is CC(=O)NCC(=O)Nc1ccc(OCc2ccc(F)cc2)cc1F. The lowest BCUT2D eigenvalue weighted by molar-refractivity contribution is -0.122. The molecule has 0 atom stereocenters. The molecule has 2 aromatic carbocycles. The van der Waals surface area contributed by atoms with E-state index in [2.05, 4.69) is 10.6 Å². The van der Waals surface area contributed by atoms with Crippen molar-refractivity contribution in [2.24, 2.45) is 0 Å². The monoisotopic (exact) mass is 334 g/mol. The topological polar surface area (TPSA) is 67.4 Å². The van der Waals surface area contributed by atoms with Crippen molar-refractivity contribution < 1.29 is 23.1 Å². The molecule has 0 saturated heterocycles. The molecule has 0 aromatic heterocycles. The van der Waals surface area contributed by atoms with Crippen LogP contribution in [0.5, 0.6) is 5.75 Å². The average Bonchev–Trinajstić information content (AvgIpc) is 2.55. The molecule has 0 unspecified atom stereocenters. The molecular weight excluding hydrogens is 318 g/mol. The van der Waals surface area contributed by atoms with E-state index in [0.29, 0.717) is 0 Å². The fraction of sp³-hybridized carbons (Fsp3) is 0.176. The van der Waals surface area contributed by atoms with Gasteiger partial charge >= 0.3 is 0 Å². The minimum absolute atomic E-state index is 0.0144. The predicted molar refractivity (Wildman–Crippen MR) is 84.4 cm³/mol. The second-order valence-corrected chi connectivity index (χ2v) is 5.01. The third-order valence-electron chi connectivity index (χ3n) is 3.03. The molecule has 0 fully saturated rings. The van der Waals surface area contributed by atoms with Crippen LogP contribution >= 0.6 is 0 Å². The molecule has 0 bridgehead atoms. The summed E-state index contributed by atoms with van der Waals surface area (Å²) in [6.45, 7) is 1.20. The molecule has 24 heavy (non-hydrogen) atoms. The number of hydrogen-bond acceptors (Lipinski definition) is 3. The largest absolute Gasteiger partial charge is 0.489 e. The molecule has 2 rings (SSSR count). The zero-order chi connectivity index (χ0) is 17.5. The molecule has 0 spiro atoms. The van der Waals surface area contributed by atoms with Crippen LogP contribution in [0.4, 0.5) is 14.5 Å². The molecule has 2 aromatic rings. The maximum Gasteiger partial charge on any atom is 0.243 e. The van der Waals surface area contributed by atoms with Gasteiger partial charge in [0.2, 0.25) is 11.8 Å². The van der Waals surface area contributed by atoms with Crippen molar-refractivity contribution in [1.29, 1.82) is 0 Å². The molecule has 0 radical (unpaired) electrons. The fourth-order valence-electron chi connectivity index (χ4n) is 1.83. The first-order valence-corrected chi connectivity index (χ1v) is 7.15. The van der Waals surface area contributed by atoms with E-state index in [4.69, 9.17) is 4.74 Å². The van der Waals surface area contributed by atoms with E-state index >= 15 is 0 Å². The van der Waals surface area contributed by atoms with Gasteiger partial charge in [0, 0.05) is 13.0 Å². The molecule has 0 aliphatic heterocycles. The summed E-state index contributed by atoms with van der Waals surface area (Å²) in [6.07, 6.45) is 0. The Kier molecular flexibility index (Phi) is 5.83. The summed E-state index contributed by atoms with van der Waals surface area (Å²) in [5.74, 6) is -1.62. The molecule has 126 valence electrons. The van der Waals surface area contributed by atoms with E-state index in [1.54, 1.807) is 12.1 Å². The first-order valence-electron chi connectivity index (χ1n) is 7.15. The molecule has 0 aliphatic carbocycles. The minimum atomic E-state index is -0.664. The third kappa shape index (κ3) is 5.35. The van der Waals surface area contributed by atoms with Crippen molar-refractivity contribution in [3.8, 4) is 5.75 Å². The minimum Gasteiger partial charge on any atom is -0.489 e. The van der Waals surface area contributed by atoms with Crippen LogP contribution in [-0.2, 0) is 16.2 Å². The lowest BCUT2D eigenvalue weighted by Crippen LogP contribution is -2.31. The number of halogens is 2. The van der Waals surface area contributed by atoms with Gasteiger partial charge in [-0.15, -0.1) is 0 Å². The van der Waals surface area contributed by atoms with Crippen LogP contribution < -0.4 is 15.4 Å². The van der Waals surface area contributed by atoms with Gasteiger partial charge in [-0.2, -0.15) is 0 Å². The maximum absolute atomic E-state index is 14.0. The molecule has 2 amide bonds. The molecule has 2 N–H and O–H groups in total. The van der Waals surface area contributed by atoms with Crippen LogP contribution in [-0.4, -0.2) is 18.4 Å². The Morgan fingerprint density at radius 2 is 1.79 bits per heavy atom. The summed E-state index contributed by atoms with van der Waals surface area (Å²) in [7, 11) is 0. The number of rotatable bonds is 6. The summed E-state index contributed by atoms with van der Waals surface area (Å²) >= 11 is 0. The van der Waals surface area contributed by atoms with E-state index in [0.717, 1.165) is 11.6 Å². The summed E-state index contributed by atoms with van der Waals surface area (Å²) in [5.41, 5.74) is 0.726. The Bertz CT molecular complexity index is 733. The van der Waals surface area contributed by atoms with E-state index in [1.165, 1.54) is 31.2 Å². The highest BCUT2D eigenvalue weighted by molar-refractivity contribution is 5.94. The molecule has 7 heteroatoms. The van der Waals surface area contributed by atoms with Crippen molar-refractivity contribution in [3.63, 3.8) is 0 Å². The number of amides is 2. The van der Waals surface area contributed by atoms with E-state index < -0.39 is 11.7 Å². The van der Waals surface area contributed by atoms with Crippen molar-refractivity contribution in [2.45, 2.75) is 13.5 Å². The van der Waals surface area contributed by atoms with Crippen molar-refractivity contribution >= 4 is 17.5 Å². The molecule has 0 saturated carbocycles. The van der Waals surface area contributed by atoms with Gasteiger partial charge in [-0.05, 0) is 29.8 Å². The first-order chi connectivity index (χ1) is 11.4. The summed E-state index contributed by atoms with van der Waals surface area (Å²) in [6, 6.07) is 9.77. The van der Waals surface area contributed by atoms with Gasteiger partial charge in [0.15, 0.2) is 0 Å².